The van der Waals surface area contributed by atoms with Gasteiger partial charge in [-0.05, 0) is 23.8 Å². The molecule has 0 saturated heterocycles. The quantitative estimate of drug-likeness (QED) is 0.653. The third-order valence-corrected chi connectivity index (χ3v) is 2.31. The van der Waals surface area contributed by atoms with Crippen molar-refractivity contribution < 1.29 is 19.8 Å². The molecule has 0 saturated carbocycles. The highest BCUT2D eigenvalue weighted by Gasteiger charge is 1.91. The molecule has 2 rings (SSSR count). The molecule has 0 aliphatic heterocycles. The van der Waals surface area contributed by atoms with Gasteiger partial charge in [0.25, 0.3) is 0 Å². The average Bonchev–Trinajstić information content (AvgIpc) is 2.49. The second kappa shape index (κ2) is 9.60. The molecule has 6 nitrogen and oxygen atoms in total. The van der Waals surface area contributed by atoms with E-state index in [0.717, 1.165) is 5.56 Å². The molecule has 0 atom stereocenters. The smallest absolute Gasteiger partial charge is 0.325 e. The Hall–Kier alpha value is -3.28. The molecule has 0 fully saturated rings. The number of aromatic hydroxyl groups is 2. The van der Waals surface area contributed by atoms with E-state index in [2.05, 4.69) is 5.32 Å². The molecule has 0 aromatic heterocycles. The summed E-state index contributed by atoms with van der Waals surface area (Å²) in [6, 6.07) is 14.8. The van der Waals surface area contributed by atoms with Crippen LogP contribution in [0.4, 0.5) is 4.79 Å². The fourth-order valence-corrected chi connectivity index (χ4v) is 1.37. The highest BCUT2D eigenvalue weighted by molar-refractivity contribution is 5.85. The van der Waals surface area contributed by atoms with Gasteiger partial charge in [-0.25, -0.2) is 4.79 Å². The van der Waals surface area contributed by atoms with Crippen LogP contribution in [-0.4, -0.2) is 22.7 Å². The van der Waals surface area contributed by atoms with E-state index in [1.54, 1.807) is 12.1 Å². The van der Waals surface area contributed by atoms with Crippen molar-refractivity contribution in [3.63, 3.8) is 0 Å². The first-order valence-electron chi connectivity index (χ1n) is 6.32. The molecule has 0 radical (unpaired) electrons. The van der Waals surface area contributed by atoms with Crippen molar-refractivity contribution in [2.45, 2.75) is 0 Å². The molecule has 4 N–H and O–H groups in total. The van der Waals surface area contributed by atoms with Crippen LogP contribution in [0.5, 0.6) is 11.5 Å². The maximum Gasteiger partial charge on any atom is 0.325 e. The molecule has 0 heterocycles. The highest BCUT2D eigenvalue weighted by Crippen LogP contribution is 2.14. The average molecular weight is 300 g/mol. The molecule has 0 aliphatic carbocycles. The summed E-state index contributed by atoms with van der Waals surface area (Å²) in [6.45, 7) is 0. The topological polar surface area (TPSA) is 98.7 Å². The van der Waals surface area contributed by atoms with Gasteiger partial charge in [0.2, 0.25) is 6.41 Å². The summed E-state index contributed by atoms with van der Waals surface area (Å²) in [5.74, 6) is 0.176. The number of urea groups is 1. The minimum atomic E-state index is -0.549. The number of imide groups is 1. The molecular formula is C16H16N2O4. The summed E-state index contributed by atoms with van der Waals surface area (Å²) in [7, 11) is 0. The molecule has 0 spiro atoms. The molecule has 2 aromatic carbocycles. The molecule has 2 aromatic rings. The highest BCUT2D eigenvalue weighted by atomic mass is 16.3. The van der Waals surface area contributed by atoms with E-state index in [-0.39, 0.29) is 11.5 Å². The Morgan fingerprint density at radius 1 is 0.909 bits per heavy atom. The SMILES string of the molecule is O=CNC(=O)NC=Cc1ccccc1.Oc1cccc(O)c1. The molecular weight excluding hydrogens is 284 g/mol. The number of nitrogens with one attached hydrogen (secondary N) is 2. The number of phenols is 2. The van der Waals surface area contributed by atoms with Crippen molar-refractivity contribution in [2.24, 2.45) is 0 Å². The van der Waals surface area contributed by atoms with Gasteiger partial charge in [0, 0.05) is 12.3 Å². The zero-order valence-corrected chi connectivity index (χ0v) is 11.6. The van der Waals surface area contributed by atoms with Crippen LogP contribution in [0.1, 0.15) is 5.56 Å². The van der Waals surface area contributed by atoms with Crippen molar-refractivity contribution in [2.75, 3.05) is 0 Å². The second-order valence-electron chi connectivity index (χ2n) is 4.00. The lowest BCUT2D eigenvalue weighted by Crippen LogP contribution is -2.30. The van der Waals surface area contributed by atoms with Gasteiger partial charge in [-0.15, -0.1) is 0 Å². The second-order valence-corrected chi connectivity index (χ2v) is 4.00. The van der Waals surface area contributed by atoms with Crippen molar-refractivity contribution in [3.05, 3.63) is 66.4 Å². The lowest BCUT2D eigenvalue weighted by Gasteiger charge is -1.95. The zero-order chi connectivity index (χ0) is 16.2. The predicted molar refractivity (Wildman–Crippen MR) is 83.0 cm³/mol. The van der Waals surface area contributed by atoms with Gasteiger partial charge >= 0.3 is 6.03 Å². The van der Waals surface area contributed by atoms with Crippen molar-refractivity contribution >= 4 is 18.5 Å². The standard InChI is InChI=1S/C10H10N2O2.C6H6O2/c13-8-12-10(14)11-7-6-9-4-2-1-3-5-9;7-5-2-1-3-6(8)4-5/h1-8H,(H2,11,12,13,14);1-4,7-8H. The number of hydrogen-bond donors (Lipinski definition) is 4. The minimum absolute atomic E-state index is 0.0880. The Bertz CT molecular complexity index is 610. The molecule has 6 heteroatoms. The van der Waals surface area contributed by atoms with Gasteiger partial charge in [-0.2, -0.15) is 0 Å². The van der Waals surface area contributed by atoms with Crippen LogP contribution in [0.3, 0.4) is 0 Å². The number of carbonyl (C=O) groups excluding carboxylic acids is 2. The Morgan fingerprint density at radius 2 is 1.55 bits per heavy atom. The molecule has 0 aliphatic rings. The van der Waals surface area contributed by atoms with Crippen molar-refractivity contribution in [3.8, 4) is 11.5 Å². The van der Waals surface area contributed by atoms with Gasteiger partial charge in [0.05, 0.1) is 0 Å². The van der Waals surface area contributed by atoms with Crippen LogP contribution in [0.15, 0.2) is 60.8 Å². The van der Waals surface area contributed by atoms with Gasteiger partial charge in [0.1, 0.15) is 11.5 Å². The maximum absolute atomic E-state index is 10.7. The summed E-state index contributed by atoms with van der Waals surface area (Å²) in [6.07, 6.45) is 3.52. The van der Waals surface area contributed by atoms with Crippen LogP contribution in [-0.2, 0) is 4.79 Å². The maximum atomic E-state index is 10.7. The van der Waals surface area contributed by atoms with E-state index >= 15 is 0 Å². The Morgan fingerprint density at radius 3 is 2.05 bits per heavy atom. The monoisotopic (exact) mass is 300 g/mol. The number of phenolic OH excluding ortho intramolecular Hbond substituents is 2. The first kappa shape index (κ1) is 16.8. The van der Waals surface area contributed by atoms with Gasteiger partial charge in [0.15, 0.2) is 0 Å². The summed E-state index contributed by atoms with van der Waals surface area (Å²) >= 11 is 0. The molecule has 3 amide bonds. The van der Waals surface area contributed by atoms with E-state index in [1.807, 2.05) is 35.6 Å². The van der Waals surface area contributed by atoms with E-state index in [9.17, 15) is 9.59 Å². The first-order valence-corrected chi connectivity index (χ1v) is 6.32. The molecule has 22 heavy (non-hydrogen) atoms. The number of benzene rings is 2. The minimum Gasteiger partial charge on any atom is -0.508 e. The normalized spacial score (nSPS) is 9.45. The Kier molecular flexibility index (Phi) is 7.32. The van der Waals surface area contributed by atoms with E-state index < -0.39 is 6.03 Å². The number of carbonyl (C=O) groups is 2. The summed E-state index contributed by atoms with van der Waals surface area (Å²) in [5.41, 5.74) is 0.971. The fourth-order valence-electron chi connectivity index (χ4n) is 1.37. The van der Waals surface area contributed by atoms with Crippen molar-refractivity contribution in [1.82, 2.24) is 10.6 Å². The van der Waals surface area contributed by atoms with Crippen LogP contribution >= 0.6 is 0 Å². The van der Waals surface area contributed by atoms with Gasteiger partial charge < -0.3 is 15.5 Å². The fraction of sp³-hybridized carbons (Fsp3) is 0. The number of hydrogen-bond acceptors (Lipinski definition) is 4. The lowest BCUT2D eigenvalue weighted by atomic mass is 10.2. The largest absolute Gasteiger partial charge is 0.508 e. The van der Waals surface area contributed by atoms with Crippen molar-refractivity contribution in [1.29, 1.82) is 0 Å². The van der Waals surface area contributed by atoms with E-state index in [1.165, 1.54) is 24.4 Å². The van der Waals surface area contributed by atoms with Gasteiger partial charge in [-0.1, -0.05) is 36.4 Å². The van der Waals surface area contributed by atoms with Crippen LogP contribution in [0.2, 0.25) is 0 Å². The van der Waals surface area contributed by atoms with Gasteiger partial charge in [-0.3, -0.25) is 10.1 Å². The number of rotatable bonds is 3. The predicted octanol–water partition coefficient (Wildman–Crippen LogP) is 2.21. The molecule has 0 bridgehead atoms. The third-order valence-electron chi connectivity index (χ3n) is 2.31. The van der Waals surface area contributed by atoms with E-state index in [0.29, 0.717) is 6.41 Å². The Labute approximate surface area is 127 Å². The number of amides is 3. The Balaban J connectivity index is 0.000000255. The van der Waals surface area contributed by atoms with E-state index in [4.69, 9.17) is 10.2 Å². The summed E-state index contributed by atoms with van der Waals surface area (Å²) in [4.78, 5) is 20.6. The molecule has 0 unspecified atom stereocenters. The lowest BCUT2D eigenvalue weighted by molar-refractivity contribution is -0.108. The van der Waals surface area contributed by atoms with Crippen LogP contribution < -0.4 is 10.6 Å². The van der Waals surface area contributed by atoms with Crippen LogP contribution in [0.25, 0.3) is 6.08 Å². The third kappa shape index (κ3) is 7.34. The summed E-state index contributed by atoms with van der Waals surface area (Å²) in [5, 5.41) is 21.6. The summed E-state index contributed by atoms with van der Waals surface area (Å²) < 4.78 is 0. The first-order chi connectivity index (χ1) is 10.6. The zero-order valence-electron chi connectivity index (χ0n) is 11.6. The van der Waals surface area contributed by atoms with Crippen LogP contribution in [0, 0.1) is 0 Å². The molecule has 114 valence electrons.